The average molecular weight is 399 g/mol. The van der Waals surface area contributed by atoms with Gasteiger partial charge in [-0.15, -0.1) is 0 Å². The summed E-state index contributed by atoms with van der Waals surface area (Å²) in [6.45, 7) is 0. The highest BCUT2D eigenvalue weighted by Gasteiger charge is 2.37. The number of benzene rings is 3. The summed E-state index contributed by atoms with van der Waals surface area (Å²) >= 11 is 0. The van der Waals surface area contributed by atoms with Crippen LogP contribution in [-0.4, -0.2) is 14.2 Å². The van der Waals surface area contributed by atoms with E-state index < -0.39 is 13.4 Å². The molecule has 0 aliphatic heterocycles. The summed E-state index contributed by atoms with van der Waals surface area (Å²) in [5.74, 6) is -1.15. The van der Waals surface area contributed by atoms with E-state index in [1.165, 1.54) is 26.4 Å². The van der Waals surface area contributed by atoms with Crippen molar-refractivity contribution < 1.29 is 18.0 Å². The Labute approximate surface area is 164 Å². The van der Waals surface area contributed by atoms with Gasteiger partial charge in [0.15, 0.2) is 0 Å². The molecule has 0 fully saturated rings. The molecule has 0 aromatic heterocycles. The van der Waals surface area contributed by atoms with Gasteiger partial charge in [0, 0.05) is 14.2 Å². The van der Waals surface area contributed by atoms with Crippen LogP contribution in [-0.2, 0) is 13.6 Å². The fourth-order valence-corrected chi connectivity index (χ4v) is 4.57. The summed E-state index contributed by atoms with van der Waals surface area (Å²) in [5, 5.41) is 3.43. The van der Waals surface area contributed by atoms with E-state index in [0.717, 1.165) is 11.1 Å². The number of hydrogen-bond acceptors (Lipinski definition) is 4. The van der Waals surface area contributed by atoms with Gasteiger partial charge in [-0.05, 0) is 28.8 Å². The topological polar surface area (TPSA) is 47.6 Å². The summed E-state index contributed by atoms with van der Waals surface area (Å²) < 4.78 is 37.4. The van der Waals surface area contributed by atoms with Crippen molar-refractivity contribution in [2.45, 2.75) is 11.8 Å². The molecule has 1 atom stereocenters. The van der Waals surface area contributed by atoms with E-state index in [-0.39, 0.29) is 11.9 Å². The van der Waals surface area contributed by atoms with Crippen LogP contribution < -0.4 is 5.32 Å². The first-order chi connectivity index (χ1) is 13.6. The molecule has 0 radical (unpaired) electrons. The van der Waals surface area contributed by atoms with Crippen LogP contribution in [0.25, 0.3) is 0 Å². The molecule has 0 spiro atoms. The zero-order valence-corrected chi connectivity index (χ0v) is 16.7. The van der Waals surface area contributed by atoms with Gasteiger partial charge in [0.1, 0.15) is 11.6 Å². The van der Waals surface area contributed by atoms with Crippen molar-refractivity contribution in [3.63, 3.8) is 0 Å². The van der Waals surface area contributed by atoms with Crippen molar-refractivity contribution in [2.24, 2.45) is 0 Å². The molecular weight excluding hydrogens is 376 g/mol. The van der Waals surface area contributed by atoms with Gasteiger partial charge in [-0.25, -0.2) is 4.39 Å². The Kier molecular flexibility index (Phi) is 6.76. The van der Waals surface area contributed by atoms with Gasteiger partial charge in [-0.1, -0.05) is 72.8 Å². The monoisotopic (exact) mass is 399 g/mol. The Morgan fingerprint density at radius 2 is 1.21 bits per heavy atom. The summed E-state index contributed by atoms with van der Waals surface area (Å²) in [6.07, 6.45) is 0. The van der Waals surface area contributed by atoms with Crippen molar-refractivity contribution in [1.29, 1.82) is 0 Å². The summed E-state index contributed by atoms with van der Waals surface area (Å²) in [7, 11) is -0.857. The SMILES string of the molecule is COP(=O)(OC)[C@@H](NC(c1ccccc1)c1ccccc1)c1ccc(F)cc1. The summed E-state index contributed by atoms with van der Waals surface area (Å²) in [4.78, 5) is 0. The molecule has 0 bridgehead atoms. The molecule has 0 unspecified atom stereocenters. The third-order valence-corrected chi connectivity index (χ3v) is 6.70. The molecule has 28 heavy (non-hydrogen) atoms. The average Bonchev–Trinajstić information content (AvgIpc) is 2.76. The van der Waals surface area contributed by atoms with Crippen LogP contribution in [0.3, 0.4) is 0 Å². The maximum atomic E-state index is 13.5. The Hall–Kier alpha value is -2.30. The Bertz CT molecular complexity index is 872. The Morgan fingerprint density at radius 3 is 1.64 bits per heavy atom. The number of rotatable bonds is 8. The molecule has 3 aromatic carbocycles. The van der Waals surface area contributed by atoms with Gasteiger partial charge in [0.2, 0.25) is 0 Å². The molecule has 0 heterocycles. The predicted octanol–water partition coefficient (Wildman–Crippen LogP) is 5.69. The molecule has 0 amide bonds. The zero-order valence-electron chi connectivity index (χ0n) is 15.8. The van der Waals surface area contributed by atoms with Crippen LogP contribution in [0.2, 0.25) is 0 Å². The third kappa shape index (κ3) is 4.57. The molecule has 3 aromatic rings. The molecule has 146 valence electrons. The quantitative estimate of drug-likeness (QED) is 0.495. The Morgan fingerprint density at radius 1 is 0.750 bits per heavy atom. The molecule has 3 rings (SSSR count). The second-order valence-corrected chi connectivity index (χ2v) is 8.61. The lowest BCUT2D eigenvalue weighted by atomic mass is 9.98. The van der Waals surface area contributed by atoms with Crippen LogP contribution in [0, 0.1) is 5.82 Å². The van der Waals surface area contributed by atoms with Gasteiger partial charge in [-0.3, -0.25) is 9.88 Å². The van der Waals surface area contributed by atoms with Gasteiger partial charge in [0.25, 0.3) is 0 Å². The van der Waals surface area contributed by atoms with Gasteiger partial charge >= 0.3 is 7.60 Å². The lowest BCUT2D eigenvalue weighted by Crippen LogP contribution is -2.28. The smallest absolute Gasteiger partial charge is 0.311 e. The molecule has 0 saturated heterocycles. The van der Waals surface area contributed by atoms with Gasteiger partial charge < -0.3 is 9.05 Å². The normalized spacial score (nSPS) is 12.9. The number of halogens is 1. The van der Waals surface area contributed by atoms with Crippen molar-refractivity contribution in [1.82, 2.24) is 5.32 Å². The molecule has 0 aliphatic rings. The van der Waals surface area contributed by atoms with E-state index >= 15 is 0 Å². The molecule has 1 N–H and O–H groups in total. The van der Waals surface area contributed by atoms with Gasteiger partial charge in [0.05, 0.1) is 6.04 Å². The predicted molar refractivity (Wildman–Crippen MR) is 109 cm³/mol. The zero-order chi connectivity index (χ0) is 20.0. The first-order valence-corrected chi connectivity index (χ1v) is 10.5. The maximum Gasteiger partial charge on any atom is 0.351 e. The van der Waals surface area contributed by atoms with E-state index in [0.29, 0.717) is 5.56 Å². The van der Waals surface area contributed by atoms with Crippen LogP contribution >= 0.6 is 7.60 Å². The largest absolute Gasteiger partial charge is 0.351 e. The van der Waals surface area contributed by atoms with E-state index in [4.69, 9.17) is 9.05 Å². The van der Waals surface area contributed by atoms with Crippen LogP contribution in [0.5, 0.6) is 0 Å². The second-order valence-electron chi connectivity index (χ2n) is 6.28. The van der Waals surface area contributed by atoms with Crippen LogP contribution in [0.4, 0.5) is 4.39 Å². The third-order valence-electron chi connectivity index (χ3n) is 4.60. The number of hydrogen-bond donors (Lipinski definition) is 1. The molecule has 0 aliphatic carbocycles. The fourth-order valence-electron chi connectivity index (χ4n) is 3.13. The van der Waals surface area contributed by atoms with Crippen molar-refractivity contribution in [3.05, 3.63) is 107 Å². The highest BCUT2D eigenvalue weighted by Crippen LogP contribution is 2.59. The van der Waals surface area contributed by atoms with Crippen molar-refractivity contribution >= 4 is 7.60 Å². The molecule has 4 nitrogen and oxygen atoms in total. The van der Waals surface area contributed by atoms with E-state index in [2.05, 4.69) is 5.32 Å². The van der Waals surface area contributed by atoms with Crippen molar-refractivity contribution in [2.75, 3.05) is 14.2 Å². The highest BCUT2D eigenvalue weighted by molar-refractivity contribution is 7.54. The Balaban J connectivity index is 2.07. The highest BCUT2D eigenvalue weighted by atomic mass is 31.2. The van der Waals surface area contributed by atoms with Crippen molar-refractivity contribution in [3.8, 4) is 0 Å². The molecule has 6 heteroatoms. The lowest BCUT2D eigenvalue weighted by Gasteiger charge is -2.30. The lowest BCUT2D eigenvalue weighted by molar-refractivity contribution is 0.257. The number of nitrogens with one attached hydrogen (secondary N) is 1. The van der Waals surface area contributed by atoms with E-state index in [9.17, 15) is 8.96 Å². The second kappa shape index (κ2) is 9.26. The van der Waals surface area contributed by atoms with Gasteiger partial charge in [-0.2, -0.15) is 0 Å². The molecule has 0 saturated carbocycles. The first-order valence-electron chi connectivity index (χ1n) is 8.90. The molecular formula is C22H23FNO3P. The minimum Gasteiger partial charge on any atom is -0.311 e. The summed E-state index contributed by atoms with van der Waals surface area (Å²) in [5.41, 5.74) is 2.62. The minimum atomic E-state index is -3.56. The fraction of sp³-hybridized carbons (Fsp3) is 0.182. The minimum absolute atomic E-state index is 0.268. The van der Waals surface area contributed by atoms with Crippen LogP contribution in [0.15, 0.2) is 84.9 Å². The standard InChI is InChI=1S/C22H23FNO3P/c1-26-28(25,27-2)22(19-13-15-20(23)16-14-19)24-21(17-9-5-3-6-10-17)18-11-7-4-8-12-18/h3-16,21-22,24H,1-2H3/t22-/m1/s1. The van der Waals surface area contributed by atoms with E-state index in [1.54, 1.807) is 12.1 Å². The maximum absolute atomic E-state index is 13.5. The summed E-state index contributed by atoms with van der Waals surface area (Å²) in [6, 6.07) is 25.2. The van der Waals surface area contributed by atoms with E-state index in [1.807, 2.05) is 60.7 Å². The van der Waals surface area contributed by atoms with Crippen LogP contribution in [0.1, 0.15) is 28.5 Å². The first kappa shape index (κ1) is 20.4.